The molecule has 0 unspecified atom stereocenters. The van der Waals surface area contributed by atoms with Crippen molar-refractivity contribution in [3.8, 4) is 0 Å². The van der Waals surface area contributed by atoms with Crippen molar-refractivity contribution < 1.29 is 17.2 Å². The predicted molar refractivity (Wildman–Crippen MR) is 76.2 cm³/mol. The molecule has 0 amide bonds. The van der Waals surface area contributed by atoms with Crippen LogP contribution in [0, 0.1) is 18.6 Å². The third kappa shape index (κ3) is 3.20. The van der Waals surface area contributed by atoms with Crippen LogP contribution in [0.4, 0.5) is 14.5 Å². The molecular weight excluding hydrogens is 298 g/mol. The summed E-state index contributed by atoms with van der Waals surface area (Å²) in [7, 11) is -4.03. The summed E-state index contributed by atoms with van der Waals surface area (Å²) in [6, 6.07) is 8.01. The van der Waals surface area contributed by atoms with E-state index >= 15 is 0 Å². The first kappa shape index (κ1) is 15.4. The lowest BCUT2D eigenvalue weighted by Crippen LogP contribution is -2.16. The molecule has 0 radical (unpaired) electrons. The Balaban J connectivity index is 2.46. The Hall–Kier alpha value is -1.99. The third-order valence-corrected chi connectivity index (χ3v) is 4.48. The monoisotopic (exact) mass is 312 g/mol. The Labute approximate surface area is 121 Å². The summed E-state index contributed by atoms with van der Waals surface area (Å²) >= 11 is 0. The zero-order chi connectivity index (χ0) is 15.6. The van der Waals surface area contributed by atoms with E-state index in [1.807, 2.05) is 0 Å². The highest BCUT2D eigenvalue weighted by Crippen LogP contribution is 2.23. The quantitative estimate of drug-likeness (QED) is 0.911. The third-order valence-electron chi connectivity index (χ3n) is 2.97. The molecule has 0 fully saturated rings. The van der Waals surface area contributed by atoms with E-state index < -0.39 is 27.3 Å². The van der Waals surface area contributed by atoms with E-state index in [2.05, 4.69) is 4.72 Å². The SMILES string of the molecule is Cc1ccc(CN)cc1S(=O)(=O)Nc1cccc(F)c1F. The highest BCUT2D eigenvalue weighted by molar-refractivity contribution is 7.92. The Morgan fingerprint density at radius 2 is 1.90 bits per heavy atom. The molecule has 21 heavy (non-hydrogen) atoms. The maximum Gasteiger partial charge on any atom is 0.262 e. The van der Waals surface area contributed by atoms with Crippen LogP contribution >= 0.6 is 0 Å². The van der Waals surface area contributed by atoms with E-state index in [9.17, 15) is 17.2 Å². The van der Waals surface area contributed by atoms with Crippen LogP contribution in [0.25, 0.3) is 0 Å². The van der Waals surface area contributed by atoms with Crippen LogP contribution < -0.4 is 10.5 Å². The van der Waals surface area contributed by atoms with Crippen LogP contribution in [-0.2, 0) is 16.6 Å². The number of hydrogen-bond donors (Lipinski definition) is 2. The second kappa shape index (κ2) is 5.79. The Morgan fingerprint density at radius 3 is 2.57 bits per heavy atom. The minimum absolute atomic E-state index is 0.0193. The van der Waals surface area contributed by atoms with Crippen LogP contribution in [0.5, 0.6) is 0 Å². The first-order chi connectivity index (χ1) is 9.85. The molecule has 0 spiro atoms. The van der Waals surface area contributed by atoms with Gasteiger partial charge in [0.15, 0.2) is 11.6 Å². The molecule has 0 saturated carbocycles. The molecule has 0 bridgehead atoms. The highest BCUT2D eigenvalue weighted by atomic mass is 32.2. The molecule has 2 aromatic rings. The standard InChI is InChI=1S/C14H14F2N2O2S/c1-9-5-6-10(8-17)7-13(9)21(19,20)18-12-4-2-3-11(15)14(12)16/h2-7,18H,8,17H2,1H3. The van der Waals surface area contributed by atoms with Crippen LogP contribution in [0.2, 0.25) is 0 Å². The van der Waals surface area contributed by atoms with Crippen molar-refractivity contribution in [2.45, 2.75) is 18.4 Å². The van der Waals surface area contributed by atoms with Gasteiger partial charge in [-0.3, -0.25) is 4.72 Å². The van der Waals surface area contributed by atoms with E-state index in [1.54, 1.807) is 19.1 Å². The van der Waals surface area contributed by atoms with Crippen LogP contribution in [0.1, 0.15) is 11.1 Å². The average molecular weight is 312 g/mol. The fraction of sp³-hybridized carbons (Fsp3) is 0.143. The summed E-state index contributed by atoms with van der Waals surface area (Å²) in [6.45, 7) is 1.79. The lowest BCUT2D eigenvalue weighted by atomic mass is 10.1. The highest BCUT2D eigenvalue weighted by Gasteiger charge is 2.20. The van der Waals surface area contributed by atoms with E-state index in [1.165, 1.54) is 12.1 Å². The lowest BCUT2D eigenvalue weighted by molar-refractivity contribution is 0.511. The van der Waals surface area contributed by atoms with Gasteiger partial charge in [0.2, 0.25) is 0 Å². The first-order valence-corrected chi connectivity index (χ1v) is 7.60. The zero-order valence-electron chi connectivity index (χ0n) is 11.2. The van der Waals surface area contributed by atoms with Crippen LogP contribution in [0.3, 0.4) is 0 Å². The lowest BCUT2D eigenvalue weighted by Gasteiger charge is -2.12. The Kier molecular flexibility index (Phi) is 4.24. The van der Waals surface area contributed by atoms with E-state index in [4.69, 9.17) is 5.73 Å². The van der Waals surface area contributed by atoms with Gasteiger partial charge in [0.1, 0.15) is 0 Å². The maximum absolute atomic E-state index is 13.6. The van der Waals surface area contributed by atoms with Crippen LogP contribution in [0.15, 0.2) is 41.3 Å². The molecule has 4 nitrogen and oxygen atoms in total. The van der Waals surface area contributed by atoms with Gasteiger partial charge in [0.05, 0.1) is 10.6 Å². The fourth-order valence-electron chi connectivity index (χ4n) is 1.84. The van der Waals surface area contributed by atoms with Crippen molar-refractivity contribution in [3.05, 3.63) is 59.2 Å². The number of nitrogens with two attached hydrogens (primary N) is 1. The topological polar surface area (TPSA) is 72.2 Å². The van der Waals surface area contributed by atoms with Crippen molar-refractivity contribution in [2.75, 3.05) is 4.72 Å². The van der Waals surface area contributed by atoms with Gasteiger partial charge in [-0.1, -0.05) is 18.2 Å². The number of rotatable bonds is 4. The van der Waals surface area contributed by atoms with E-state index in [0.717, 1.165) is 12.1 Å². The molecule has 0 atom stereocenters. The normalized spacial score (nSPS) is 11.4. The minimum Gasteiger partial charge on any atom is -0.326 e. The average Bonchev–Trinajstić information content (AvgIpc) is 2.44. The number of halogens is 2. The van der Waals surface area contributed by atoms with Gasteiger partial charge in [-0.25, -0.2) is 17.2 Å². The minimum atomic E-state index is -4.03. The molecule has 0 aliphatic rings. The number of aryl methyl sites for hydroxylation is 1. The molecule has 0 heterocycles. The number of hydrogen-bond acceptors (Lipinski definition) is 3. The smallest absolute Gasteiger partial charge is 0.262 e. The van der Waals surface area contributed by atoms with Crippen molar-refractivity contribution in [2.24, 2.45) is 5.73 Å². The molecule has 2 rings (SSSR count). The molecule has 0 aliphatic heterocycles. The fourth-order valence-corrected chi connectivity index (χ4v) is 3.20. The molecular formula is C14H14F2N2O2S. The number of anilines is 1. The van der Waals surface area contributed by atoms with Gasteiger partial charge in [0, 0.05) is 6.54 Å². The zero-order valence-corrected chi connectivity index (χ0v) is 12.0. The van der Waals surface area contributed by atoms with Crippen molar-refractivity contribution in [3.63, 3.8) is 0 Å². The summed E-state index contributed by atoms with van der Waals surface area (Å²) in [6.07, 6.45) is 0. The summed E-state index contributed by atoms with van der Waals surface area (Å²) in [4.78, 5) is -0.0193. The molecule has 3 N–H and O–H groups in total. The maximum atomic E-state index is 13.6. The molecule has 112 valence electrons. The Morgan fingerprint density at radius 1 is 1.19 bits per heavy atom. The molecule has 7 heteroatoms. The number of benzene rings is 2. The Bertz CT molecular complexity index is 777. The van der Waals surface area contributed by atoms with Crippen LogP contribution in [-0.4, -0.2) is 8.42 Å². The summed E-state index contributed by atoms with van der Waals surface area (Å²) < 4.78 is 53.4. The van der Waals surface area contributed by atoms with E-state index in [-0.39, 0.29) is 11.4 Å². The summed E-state index contributed by atoms with van der Waals surface area (Å²) in [5, 5.41) is 0. The molecule has 0 saturated heterocycles. The van der Waals surface area contributed by atoms with Crippen molar-refractivity contribution in [1.82, 2.24) is 0 Å². The van der Waals surface area contributed by atoms with Crippen molar-refractivity contribution in [1.29, 1.82) is 0 Å². The van der Waals surface area contributed by atoms with Gasteiger partial charge in [0.25, 0.3) is 10.0 Å². The largest absolute Gasteiger partial charge is 0.326 e. The van der Waals surface area contributed by atoms with E-state index in [0.29, 0.717) is 11.1 Å². The second-order valence-electron chi connectivity index (χ2n) is 4.51. The van der Waals surface area contributed by atoms with Gasteiger partial charge < -0.3 is 5.73 Å². The number of sulfonamides is 1. The van der Waals surface area contributed by atoms with Gasteiger partial charge in [-0.2, -0.15) is 0 Å². The molecule has 0 aliphatic carbocycles. The number of nitrogens with one attached hydrogen (secondary N) is 1. The van der Waals surface area contributed by atoms with Crippen molar-refractivity contribution >= 4 is 15.7 Å². The summed E-state index contributed by atoms with van der Waals surface area (Å²) in [5.74, 6) is -2.36. The summed E-state index contributed by atoms with van der Waals surface area (Å²) in [5.41, 5.74) is 6.15. The molecule has 2 aromatic carbocycles. The second-order valence-corrected chi connectivity index (χ2v) is 6.16. The van der Waals surface area contributed by atoms with Gasteiger partial charge in [-0.05, 0) is 36.2 Å². The predicted octanol–water partition coefficient (Wildman–Crippen LogP) is 2.53. The van der Waals surface area contributed by atoms with Gasteiger partial charge >= 0.3 is 0 Å². The van der Waals surface area contributed by atoms with Gasteiger partial charge in [-0.15, -0.1) is 0 Å². The molecule has 0 aromatic heterocycles. The first-order valence-electron chi connectivity index (χ1n) is 6.11.